The fourth-order valence-corrected chi connectivity index (χ4v) is 2.42. The molecule has 0 unspecified atom stereocenters. The number of furan rings is 1. The Morgan fingerprint density at radius 2 is 2.13 bits per heavy atom. The number of H-pyrrole nitrogens is 1. The van der Waals surface area contributed by atoms with Gasteiger partial charge in [-0.05, 0) is 24.3 Å². The molecule has 0 spiro atoms. The van der Waals surface area contributed by atoms with Gasteiger partial charge in [0.15, 0.2) is 5.96 Å². The van der Waals surface area contributed by atoms with E-state index in [0.717, 1.165) is 16.8 Å². The van der Waals surface area contributed by atoms with Crippen LogP contribution in [0.15, 0.2) is 56.9 Å². The van der Waals surface area contributed by atoms with Crippen LogP contribution in [0.1, 0.15) is 5.76 Å². The monoisotopic (exact) mass is 313 g/mol. The van der Waals surface area contributed by atoms with Gasteiger partial charge in [-0.2, -0.15) is 0 Å². The van der Waals surface area contributed by atoms with Crippen LogP contribution in [0.5, 0.6) is 0 Å². The lowest BCUT2D eigenvalue weighted by Gasteiger charge is -2.11. The van der Waals surface area contributed by atoms with E-state index in [1.54, 1.807) is 17.9 Å². The molecule has 23 heavy (non-hydrogen) atoms. The first-order valence-corrected chi connectivity index (χ1v) is 7.42. The van der Waals surface area contributed by atoms with Crippen molar-refractivity contribution in [1.82, 2.24) is 20.2 Å². The highest BCUT2D eigenvalue weighted by Gasteiger charge is 2.06. The number of imidazole rings is 1. The number of para-hydroxylation sites is 2. The maximum atomic E-state index is 12.0. The van der Waals surface area contributed by atoms with Gasteiger partial charge in [-0.15, -0.1) is 0 Å². The maximum Gasteiger partial charge on any atom is 0.326 e. The first-order chi connectivity index (χ1) is 11.3. The normalized spacial score (nSPS) is 11.8. The molecule has 0 atom stereocenters. The van der Waals surface area contributed by atoms with Crippen molar-refractivity contribution in [3.05, 3.63) is 58.9 Å². The maximum absolute atomic E-state index is 12.0. The second kappa shape index (κ2) is 6.87. The molecule has 1 aromatic carbocycles. The molecule has 2 aromatic heterocycles. The molecule has 0 amide bonds. The lowest BCUT2D eigenvalue weighted by molar-refractivity contribution is 0.501. The molecule has 0 radical (unpaired) electrons. The van der Waals surface area contributed by atoms with Crippen molar-refractivity contribution >= 4 is 17.0 Å². The number of aliphatic imine (C=N–C) groups is 1. The van der Waals surface area contributed by atoms with Crippen LogP contribution in [0.25, 0.3) is 11.0 Å². The second-order valence-electron chi connectivity index (χ2n) is 5.03. The van der Waals surface area contributed by atoms with Crippen molar-refractivity contribution in [2.24, 2.45) is 4.99 Å². The minimum Gasteiger partial charge on any atom is -0.467 e. The number of benzene rings is 1. The highest BCUT2D eigenvalue weighted by molar-refractivity contribution is 5.79. The zero-order valence-electron chi connectivity index (χ0n) is 12.9. The second-order valence-corrected chi connectivity index (χ2v) is 5.03. The van der Waals surface area contributed by atoms with Crippen LogP contribution in [0.4, 0.5) is 0 Å². The largest absolute Gasteiger partial charge is 0.467 e. The molecular formula is C16H19N5O2. The molecule has 3 rings (SSSR count). The number of hydrogen-bond donors (Lipinski definition) is 3. The fraction of sp³-hybridized carbons (Fsp3) is 0.250. The highest BCUT2D eigenvalue weighted by Crippen LogP contribution is 2.08. The Morgan fingerprint density at radius 1 is 1.26 bits per heavy atom. The van der Waals surface area contributed by atoms with Gasteiger partial charge in [0.05, 0.1) is 23.8 Å². The molecule has 7 heteroatoms. The van der Waals surface area contributed by atoms with E-state index in [0.29, 0.717) is 25.6 Å². The minimum atomic E-state index is -0.105. The number of fused-ring (bicyclic) bond motifs is 1. The van der Waals surface area contributed by atoms with Crippen LogP contribution in [0.2, 0.25) is 0 Å². The van der Waals surface area contributed by atoms with Gasteiger partial charge >= 0.3 is 5.69 Å². The van der Waals surface area contributed by atoms with Crippen molar-refractivity contribution in [2.45, 2.75) is 13.1 Å². The van der Waals surface area contributed by atoms with Gasteiger partial charge in [0.25, 0.3) is 0 Å². The lowest BCUT2D eigenvalue weighted by Crippen LogP contribution is -2.39. The van der Waals surface area contributed by atoms with Gasteiger partial charge in [0.1, 0.15) is 5.76 Å². The Labute approximate surface area is 133 Å². The molecule has 0 aliphatic carbocycles. The average Bonchev–Trinajstić information content (AvgIpc) is 3.18. The van der Waals surface area contributed by atoms with Crippen LogP contribution in [0, 0.1) is 0 Å². The van der Waals surface area contributed by atoms with Crippen LogP contribution in [0.3, 0.4) is 0 Å². The Morgan fingerprint density at radius 3 is 2.91 bits per heavy atom. The molecule has 120 valence electrons. The number of guanidine groups is 1. The van der Waals surface area contributed by atoms with Gasteiger partial charge < -0.3 is 20.0 Å². The topological polar surface area (TPSA) is 87.3 Å². The summed E-state index contributed by atoms with van der Waals surface area (Å²) in [7, 11) is 1.70. The molecule has 7 nitrogen and oxygen atoms in total. The summed E-state index contributed by atoms with van der Waals surface area (Å²) in [5.41, 5.74) is 1.64. The van der Waals surface area contributed by atoms with Crippen LogP contribution in [-0.4, -0.2) is 29.1 Å². The van der Waals surface area contributed by atoms with Gasteiger partial charge in [0.2, 0.25) is 0 Å². The number of hydrogen-bond acceptors (Lipinski definition) is 3. The van der Waals surface area contributed by atoms with E-state index >= 15 is 0 Å². The summed E-state index contributed by atoms with van der Waals surface area (Å²) in [5, 5.41) is 6.34. The van der Waals surface area contributed by atoms with E-state index in [4.69, 9.17) is 4.42 Å². The Balaban J connectivity index is 1.57. The zero-order chi connectivity index (χ0) is 16.1. The number of nitrogens with zero attached hydrogens (tertiary/aromatic N) is 2. The van der Waals surface area contributed by atoms with Gasteiger partial charge in [0, 0.05) is 20.1 Å². The molecule has 0 saturated carbocycles. The quantitative estimate of drug-likeness (QED) is 0.489. The third kappa shape index (κ3) is 3.45. The summed E-state index contributed by atoms with van der Waals surface area (Å²) >= 11 is 0. The summed E-state index contributed by atoms with van der Waals surface area (Å²) in [5.74, 6) is 1.50. The van der Waals surface area contributed by atoms with Crippen molar-refractivity contribution in [1.29, 1.82) is 0 Å². The van der Waals surface area contributed by atoms with E-state index < -0.39 is 0 Å². The number of aromatic nitrogens is 2. The molecule has 0 bridgehead atoms. The van der Waals surface area contributed by atoms with E-state index in [2.05, 4.69) is 20.6 Å². The third-order valence-corrected chi connectivity index (χ3v) is 3.54. The first kappa shape index (κ1) is 15.0. The van der Waals surface area contributed by atoms with E-state index in [1.165, 1.54) is 0 Å². The summed E-state index contributed by atoms with van der Waals surface area (Å²) in [6.45, 7) is 1.68. The van der Waals surface area contributed by atoms with E-state index in [9.17, 15) is 4.79 Å². The molecule has 0 aliphatic heterocycles. The summed E-state index contributed by atoms with van der Waals surface area (Å²) in [6.07, 6.45) is 1.64. The van der Waals surface area contributed by atoms with Crippen LogP contribution < -0.4 is 16.3 Å². The number of nitrogens with one attached hydrogen (secondary N) is 3. The van der Waals surface area contributed by atoms with Crippen molar-refractivity contribution in [2.75, 3.05) is 13.6 Å². The summed E-state index contributed by atoms with van der Waals surface area (Å²) in [4.78, 5) is 19.0. The smallest absolute Gasteiger partial charge is 0.326 e. The van der Waals surface area contributed by atoms with E-state index in [1.807, 2.05) is 36.4 Å². The molecule has 3 N–H and O–H groups in total. The third-order valence-electron chi connectivity index (χ3n) is 3.54. The van der Waals surface area contributed by atoms with Crippen molar-refractivity contribution in [3.63, 3.8) is 0 Å². The van der Waals surface area contributed by atoms with Crippen molar-refractivity contribution in [3.8, 4) is 0 Å². The molecule has 2 heterocycles. The Kier molecular flexibility index (Phi) is 4.46. The molecule has 0 saturated heterocycles. The van der Waals surface area contributed by atoms with E-state index in [-0.39, 0.29) is 5.69 Å². The van der Waals surface area contributed by atoms with Crippen LogP contribution >= 0.6 is 0 Å². The molecule has 3 aromatic rings. The molecule has 0 fully saturated rings. The SMILES string of the molecule is CN=C(NCCn1c(=O)[nH]c2ccccc21)NCc1ccco1. The Bertz CT molecular complexity index is 845. The summed E-state index contributed by atoms with van der Waals surface area (Å²) in [6, 6.07) is 11.4. The van der Waals surface area contributed by atoms with Gasteiger partial charge in [-0.3, -0.25) is 9.56 Å². The average molecular weight is 313 g/mol. The van der Waals surface area contributed by atoms with Gasteiger partial charge in [-0.1, -0.05) is 12.1 Å². The summed E-state index contributed by atoms with van der Waals surface area (Å²) < 4.78 is 6.97. The minimum absolute atomic E-state index is 0.105. The number of rotatable bonds is 5. The lowest BCUT2D eigenvalue weighted by atomic mass is 10.3. The van der Waals surface area contributed by atoms with Crippen LogP contribution in [-0.2, 0) is 13.1 Å². The standard InChI is InChI=1S/C16H19N5O2/c1-17-15(19-11-12-5-4-10-23-12)18-8-9-21-14-7-3-2-6-13(14)20-16(21)22/h2-7,10H,8-9,11H2,1H3,(H,20,22)(H2,17,18,19). The molecular weight excluding hydrogens is 294 g/mol. The van der Waals surface area contributed by atoms with Crippen molar-refractivity contribution < 1.29 is 4.42 Å². The predicted molar refractivity (Wildman–Crippen MR) is 89.5 cm³/mol. The fourth-order valence-electron chi connectivity index (χ4n) is 2.42. The first-order valence-electron chi connectivity index (χ1n) is 7.42. The zero-order valence-corrected chi connectivity index (χ0v) is 12.9. The predicted octanol–water partition coefficient (Wildman–Crippen LogP) is 1.29. The number of aromatic amines is 1. The Hall–Kier alpha value is -2.96. The molecule has 0 aliphatic rings. The highest BCUT2D eigenvalue weighted by atomic mass is 16.3. The van der Waals surface area contributed by atoms with Gasteiger partial charge in [-0.25, -0.2) is 4.79 Å².